The first-order valence-corrected chi connectivity index (χ1v) is 12.3. The van der Waals surface area contributed by atoms with E-state index in [1.54, 1.807) is 0 Å². The molecule has 2 unspecified atom stereocenters. The maximum absolute atomic E-state index is 10.5. The van der Waals surface area contributed by atoms with Crippen LogP contribution in [0.1, 0.15) is 106 Å². The van der Waals surface area contributed by atoms with Crippen molar-refractivity contribution in [2.45, 2.75) is 116 Å². The molecular weight excluding hydrogens is 384 g/mol. The van der Waals surface area contributed by atoms with Gasteiger partial charge in [-0.1, -0.05) is 37.6 Å². The Balaban J connectivity index is 0.00000241. The number of hydrogen-bond acceptors (Lipinski definition) is 3. The highest BCUT2D eigenvalue weighted by Gasteiger charge is 2.60. The molecule has 0 saturated heterocycles. The summed E-state index contributed by atoms with van der Waals surface area (Å²) in [5, 5.41) is 30.8. The number of rotatable bonds is 6. The van der Waals surface area contributed by atoms with E-state index in [-0.39, 0.29) is 20.1 Å². The maximum atomic E-state index is 10.5. The molecule has 0 aliphatic heterocycles. The molecule has 0 radical (unpaired) electrons. The molecule has 4 rings (SSSR count). The van der Waals surface area contributed by atoms with E-state index in [1.165, 1.54) is 44.1 Å². The van der Waals surface area contributed by atoms with Gasteiger partial charge in [0.25, 0.3) is 0 Å². The van der Waals surface area contributed by atoms with Crippen molar-refractivity contribution >= 4 is 0 Å². The summed E-state index contributed by atoms with van der Waals surface area (Å²) in [5.41, 5.74) is 1.77. The lowest BCUT2D eigenvalue weighted by molar-refractivity contribution is 0.0521. The third-order valence-corrected chi connectivity index (χ3v) is 9.13. The Bertz CT molecular complexity index is 880. The highest BCUT2D eigenvalue weighted by atomic mass is 16.3. The van der Waals surface area contributed by atoms with E-state index in [1.807, 2.05) is 0 Å². The van der Waals surface area contributed by atoms with Crippen molar-refractivity contribution in [2.75, 3.05) is 0 Å². The molecule has 4 fully saturated rings. The maximum Gasteiger partial charge on any atom is 0.0811 e. The fourth-order valence-electron chi connectivity index (χ4n) is 7.38. The summed E-state index contributed by atoms with van der Waals surface area (Å²) in [5.74, 6) is 1.15. The number of fused-ring (bicyclic) bond motifs is 1. The predicted molar refractivity (Wildman–Crippen MR) is 131 cm³/mol. The van der Waals surface area contributed by atoms with Crippen LogP contribution in [0.3, 0.4) is 0 Å². The first kappa shape index (κ1) is 18.5. The largest absolute Gasteiger partial charge is 0.393 e. The van der Waals surface area contributed by atoms with Crippen LogP contribution in [-0.4, -0.2) is 33.1 Å². The zero-order valence-corrected chi connectivity index (χ0v) is 19.2. The zero-order valence-electron chi connectivity index (χ0n) is 23.2. The van der Waals surface area contributed by atoms with E-state index in [9.17, 15) is 15.3 Å². The fourth-order valence-corrected chi connectivity index (χ4v) is 7.38. The average molecular weight is 439 g/mol. The smallest absolute Gasteiger partial charge is 0.0811 e. The van der Waals surface area contributed by atoms with Gasteiger partial charge < -0.3 is 15.3 Å². The molecule has 0 bridgehead atoms. The molecule has 6 atom stereocenters. The molecule has 0 amide bonds. The van der Waals surface area contributed by atoms with Crippen LogP contribution >= 0.6 is 0 Å². The van der Waals surface area contributed by atoms with E-state index >= 15 is 0 Å². The van der Waals surface area contributed by atoms with Gasteiger partial charge in [0.15, 0.2) is 0 Å². The highest BCUT2D eigenvalue weighted by molar-refractivity contribution is 5.38. The van der Waals surface area contributed by atoms with Gasteiger partial charge in [-0.15, -0.1) is 0 Å². The van der Waals surface area contributed by atoms with Crippen molar-refractivity contribution in [1.82, 2.24) is 0 Å². The van der Waals surface area contributed by atoms with Crippen molar-refractivity contribution in [2.24, 2.45) is 22.7 Å². The Hall–Kier alpha value is -0.900. The van der Waals surface area contributed by atoms with Gasteiger partial charge in [-0.05, 0) is 112 Å². The molecule has 0 aromatic heterocycles. The summed E-state index contributed by atoms with van der Waals surface area (Å²) in [7, 11) is 0. The Morgan fingerprint density at radius 2 is 2.06 bits per heavy atom. The van der Waals surface area contributed by atoms with E-state index in [0.29, 0.717) is 31.1 Å². The minimum Gasteiger partial charge on any atom is -0.393 e. The van der Waals surface area contributed by atoms with Gasteiger partial charge in [-0.2, -0.15) is 0 Å². The predicted octanol–water partition coefficient (Wildman–Crippen LogP) is 6.34. The van der Waals surface area contributed by atoms with Gasteiger partial charge >= 0.3 is 0 Å². The SMILES string of the molecule is [2HH].[2HH].[2H]CC(O)(CCCC1([C@H]2CCC3/C(=C/C=C4/C[C@@H](O)C[C@H](O)C4=C)CCC[C@@]32C)CC1)C([2H])([2H])[2H]. The van der Waals surface area contributed by atoms with Crippen LogP contribution in [0.25, 0.3) is 0 Å². The van der Waals surface area contributed by atoms with Crippen LogP contribution in [0, 0.1) is 22.7 Å². The standard InChI is InChI=1S/C28H44O3.2H2/c1-19-21(17-22(29)18-24(19)30)9-8-20-7-5-13-27(4)23(20)10-11-25(27)28(15-16-28)14-6-12-26(2,3)31;;/h8-9,22-25,29-31H,1,5-7,10-18H2,2-4H3;2*1H/b20-8+,21-9-;;/t22-,23?,24+,25+,27+;;/m1../s1/i2D,3D3;2*1+1/t22-,23?,24+,25+,26?,27+;;. The monoisotopic (exact) mass is 438 g/mol. The summed E-state index contributed by atoms with van der Waals surface area (Å²) >= 11 is 0. The fraction of sp³-hybridized carbons (Fsp3) is 0.786. The second kappa shape index (κ2) is 8.47. The number of aliphatic hydroxyl groups is 3. The van der Waals surface area contributed by atoms with Crippen LogP contribution < -0.4 is 0 Å². The molecule has 3 N–H and O–H groups in total. The Labute approximate surface area is 197 Å². The third kappa shape index (κ3) is 4.75. The summed E-state index contributed by atoms with van der Waals surface area (Å²) in [6.45, 7) is 3.52. The lowest BCUT2D eigenvalue weighted by atomic mass is 9.59. The third-order valence-electron chi connectivity index (χ3n) is 9.13. The van der Waals surface area contributed by atoms with Gasteiger partial charge in [0.05, 0.1) is 17.8 Å². The number of hydrogen-bond donors (Lipinski definition) is 3. The topological polar surface area (TPSA) is 60.7 Å². The van der Waals surface area contributed by atoms with Crippen LogP contribution in [0.4, 0.5) is 0 Å². The zero-order chi connectivity index (χ0) is 25.6. The first-order valence-electron chi connectivity index (χ1n) is 14.5. The van der Waals surface area contributed by atoms with Gasteiger partial charge in [0, 0.05) is 14.8 Å². The molecule has 0 aromatic carbocycles. The average Bonchev–Trinajstić information content (AvgIpc) is 3.46. The summed E-state index contributed by atoms with van der Waals surface area (Å²) in [4.78, 5) is 0. The molecule has 0 heterocycles. The van der Waals surface area contributed by atoms with Gasteiger partial charge in [-0.25, -0.2) is 0 Å². The first-order chi connectivity index (χ1) is 16.4. The lowest BCUT2D eigenvalue weighted by Crippen LogP contribution is -2.37. The van der Waals surface area contributed by atoms with Crippen LogP contribution in [0.5, 0.6) is 0 Å². The minimum atomic E-state index is -2.51. The van der Waals surface area contributed by atoms with Crippen LogP contribution in [-0.2, 0) is 0 Å². The molecule has 0 aromatic rings. The molecule has 4 aliphatic rings. The molecule has 3 heteroatoms. The molecule has 3 nitrogen and oxygen atoms in total. The molecule has 4 aliphatic carbocycles. The van der Waals surface area contributed by atoms with Gasteiger partial charge in [0.1, 0.15) is 0 Å². The normalized spacial score (nSPS) is 44.2. The van der Waals surface area contributed by atoms with Crippen LogP contribution in [0.15, 0.2) is 35.5 Å². The number of aliphatic hydroxyl groups excluding tert-OH is 2. The van der Waals surface area contributed by atoms with Crippen molar-refractivity contribution in [3.8, 4) is 0 Å². The second-order valence-corrected chi connectivity index (χ2v) is 11.4. The molecule has 31 heavy (non-hydrogen) atoms. The summed E-state index contributed by atoms with van der Waals surface area (Å²) < 4.78 is 30.5. The second-order valence-electron chi connectivity index (χ2n) is 11.4. The number of allylic oxidation sites excluding steroid dienone is 3. The van der Waals surface area contributed by atoms with Crippen molar-refractivity contribution in [3.05, 3.63) is 35.5 Å². The van der Waals surface area contributed by atoms with Crippen molar-refractivity contribution in [3.63, 3.8) is 0 Å². The van der Waals surface area contributed by atoms with E-state index < -0.39 is 31.6 Å². The molecule has 178 valence electrons. The van der Waals surface area contributed by atoms with Crippen molar-refractivity contribution < 1.29 is 23.7 Å². The van der Waals surface area contributed by atoms with E-state index in [0.717, 1.165) is 24.0 Å². The molecular formula is C28H48O3. The van der Waals surface area contributed by atoms with Crippen LogP contribution in [0.2, 0.25) is 0 Å². The Kier molecular flexibility index (Phi) is 5.06. The molecule has 0 spiro atoms. The van der Waals surface area contributed by atoms with Gasteiger partial charge in [-0.3, -0.25) is 0 Å². The Morgan fingerprint density at radius 1 is 1.26 bits per heavy atom. The quantitative estimate of drug-likeness (QED) is 0.453. The summed E-state index contributed by atoms with van der Waals surface area (Å²) in [6.07, 6.45) is 14.1. The highest BCUT2D eigenvalue weighted by Crippen LogP contribution is 2.70. The van der Waals surface area contributed by atoms with Gasteiger partial charge in [0.2, 0.25) is 0 Å². The molecule has 4 saturated carbocycles. The Morgan fingerprint density at radius 3 is 2.77 bits per heavy atom. The minimum absolute atomic E-state index is 0. The van der Waals surface area contributed by atoms with Crippen molar-refractivity contribution in [1.29, 1.82) is 0 Å². The van der Waals surface area contributed by atoms with E-state index in [4.69, 9.17) is 5.48 Å². The lowest BCUT2D eigenvalue weighted by Gasteiger charge is -2.45. The summed E-state index contributed by atoms with van der Waals surface area (Å²) in [6, 6.07) is 0. The van der Waals surface area contributed by atoms with E-state index in [2.05, 4.69) is 25.7 Å².